The number of aryl methyl sites for hydroxylation is 1. The molecule has 0 spiro atoms. The summed E-state index contributed by atoms with van der Waals surface area (Å²) in [4.78, 5) is 14.0. The molecule has 31 heavy (non-hydrogen) atoms. The lowest BCUT2D eigenvalue weighted by atomic mass is 10.1. The SMILES string of the molecule is COc1ccc(/C=C/C(=O)Nc2cc3nn(-c4ccc(OC)cc4)nc3cc2C)cc1. The molecule has 0 aliphatic heterocycles. The molecule has 0 aliphatic rings. The molecule has 0 saturated carbocycles. The highest BCUT2D eigenvalue weighted by atomic mass is 16.5. The highest BCUT2D eigenvalue weighted by Gasteiger charge is 2.10. The zero-order chi connectivity index (χ0) is 21.8. The number of methoxy groups -OCH3 is 2. The van der Waals surface area contributed by atoms with Crippen molar-refractivity contribution in [2.24, 2.45) is 0 Å². The lowest BCUT2D eigenvalue weighted by Gasteiger charge is -2.05. The van der Waals surface area contributed by atoms with E-state index in [0.717, 1.165) is 33.8 Å². The van der Waals surface area contributed by atoms with Crippen LogP contribution in [-0.2, 0) is 4.79 Å². The Bertz CT molecular complexity index is 1240. The Labute approximate surface area is 179 Å². The number of carbonyl (C=O) groups is 1. The van der Waals surface area contributed by atoms with Crippen LogP contribution in [0.5, 0.6) is 11.5 Å². The number of nitrogens with zero attached hydrogens (tertiary/aromatic N) is 3. The Morgan fingerprint density at radius 2 is 1.48 bits per heavy atom. The summed E-state index contributed by atoms with van der Waals surface area (Å²) >= 11 is 0. The molecule has 1 N–H and O–H groups in total. The number of fused-ring (bicyclic) bond motifs is 1. The van der Waals surface area contributed by atoms with Crippen molar-refractivity contribution in [1.29, 1.82) is 0 Å². The number of benzene rings is 3. The second-order valence-corrected chi connectivity index (χ2v) is 6.94. The van der Waals surface area contributed by atoms with Gasteiger partial charge in [0.05, 0.1) is 19.9 Å². The van der Waals surface area contributed by atoms with E-state index in [-0.39, 0.29) is 5.91 Å². The van der Waals surface area contributed by atoms with Crippen molar-refractivity contribution in [1.82, 2.24) is 15.0 Å². The predicted molar refractivity (Wildman–Crippen MR) is 121 cm³/mol. The molecule has 1 aromatic heterocycles. The maximum absolute atomic E-state index is 12.4. The molecule has 3 aromatic carbocycles. The monoisotopic (exact) mass is 414 g/mol. The van der Waals surface area contributed by atoms with Gasteiger partial charge in [0.15, 0.2) is 0 Å². The van der Waals surface area contributed by atoms with Crippen molar-refractivity contribution in [3.05, 3.63) is 77.9 Å². The van der Waals surface area contributed by atoms with Crippen LogP contribution in [0.2, 0.25) is 0 Å². The third-order valence-electron chi connectivity index (χ3n) is 4.83. The zero-order valence-corrected chi connectivity index (χ0v) is 17.5. The quantitative estimate of drug-likeness (QED) is 0.473. The first-order valence-electron chi connectivity index (χ1n) is 9.71. The molecule has 0 fully saturated rings. The van der Waals surface area contributed by atoms with E-state index in [4.69, 9.17) is 9.47 Å². The standard InChI is InChI=1S/C24H22N4O3/c1-16-14-22-23(27-28(26-22)18-7-11-20(31-3)12-8-18)15-21(16)25-24(29)13-6-17-4-9-19(30-2)10-5-17/h4-15H,1-3H3,(H,25,29)/b13-6+. The number of ether oxygens (including phenoxy) is 2. The van der Waals surface area contributed by atoms with Crippen LogP contribution in [0.1, 0.15) is 11.1 Å². The molecule has 156 valence electrons. The normalized spacial score (nSPS) is 11.1. The number of carbonyl (C=O) groups excluding carboxylic acids is 1. The van der Waals surface area contributed by atoms with E-state index in [9.17, 15) is 4.79 Å². The van der Waals surface area contributed by atoms with Crippen molar-refractivity contribution in [2.75, 3.05) is 19.5 Å². The van der Waals surface area contributed by atoms with Crippen LogP contribution in [0.15, 0.2) is 66.7 Å². The van der Waals surface area contributed by atoms with Crippen LogP contribution in [0.3, 0.4) is 0 Å². The van der Waals surface area contributed by atoms with Crippen molar-refractivity contribution < 1.29 is 14.3 Å². The fraction of sp³-hybridized carbons (Fsp3) is 0.125. The van der Waals surface area contributed by atoms with Gasteiger partial charge < -0.3 is 14.8 Å². The van der Waals surface area contributed by atoms with Crippen LogP contribution in [0.25, 0.3) is 22.8 Å². The minimum atomic E-state index is -0.221. The Morgan fingerprint density at radius 1 is 0.903 bits per heavy atom. The summed E-state index contributed by atoms with van der Waals surface area (Å²) in [5.41, 5.74) is 4.77. The number of amides is 1. The van der Waals surface area contributed by atoms with Gasteiger partial charge in [-0.25, -0.2) is 0 Å². The van der Waals surface area contributed by atoms with Gasteiger partial charge in [-0.15, -0.1) is 10.2 Å². The van der Waals surface area contributed by atoms with Crippen LogP contribution in [0.4, 0.5) is 5.69 Å². The maximum atomic E-state index is 12.4. The minimum absolute atomic E-state index is 0.221. The zero-order valence-electron chi connectivity index (χ0n) is 17.5. The van der Waals surface area contributed by atoms with Gasteiger partial charge in [0, 0.05) is 11.8 Å². The summed E-state index contributed by atoms with van der Waals surface area (Å²) in [5, 5.41) is 12.0. The van der Waals surface area contributed by atoms with Crippen molar-refractivity contribution >= 4 is 28.7 Å². The van der Waals surface area contributed by atoms with E-state index in [1.165, 1.54) is 6.08 Å². The smallest absolute Gasteiger partial charge is 0.248 e. The third-order valence-corrected chi connectivity index (χ3v) is 4.83. The van der Waals surface area contributed by atoms with Crippen molar-refractivity contribution in [2.45, 2.75) is 6.92 Å². The van der Waals surface area contributed by atoms with Gasteiger partial charge in [0.25, 0.3) is 0 Å². The predicted octanol–water partition coefficient (Wildman–Crippen LogP) is 4.40. The number of anilines is 1. The second-order valence-electron chi connectivity index (χ2n) is 6.94. The summed E-state index contributed by atoms with van der Waals surface area (Å²) in [5.74, 6) is 1.32. The summed E-state index contributed by atoms with van der Waals surface area (Å²) < 4.78 is 10.3. The van der Waals surface area contributed by atoms with Gasteiger partial charge in [-0.3, -0.25) is 4.79 Å². The van der Waals surface area contributed by atoms with Crippen molar-refractivity contribution in [3.63, 3.8) is 0 Å². The Kier molecular flexibility index (Phi) is 5.66. The van der Waals surface area contributed by atoms with Crippen LogP contribution in [-0.4, -0.2) is 35.1 Å². The number of hydrogen-bond acceptors (Lipinski definition) is 5. The molecule has 7 heteroatoms. The molecular formula is C24H22N4O3. The van der Waals surface area contributed by atoms with Crippen LogP contribution < -0.4 is 14.8 Å². The molecule has 0 aliphatic carbocycles. The average molecular weight is 414 g/mol. The highest BCUT2D eigenvalue weighted by Crippen LogP contribution is 2.23. The molecule has 4 rings (SSSR count). The third kappa shape index (κ3) is 4.56. The molecule has 1 heterocycles. The van der Waals surface area contributed by atoms with Gasteiger partial charge in [0.2, 0.25) is 5.91 Å². The van der Waals surface area contributed by atoms with E-state index in [1.54, 1.807) is 25.1 Å². The highest BCUT2D eigenvalue weighted by molar-refractivity contribution is 6.03. The van der Waals surface area contributed by atoms with Gasteiger partial charge >= 0.3 is 0 Å². The molecule has 1 amide bonds. The summed E-state index contributed by atoms with van der Waals surface area (Å²) in [6, 6.07) is 18.7. The van der Waals surface area contributed by atoms with Gasteiger partial charge in [-0.05, 0) is 72.7 Å². The lowest BCUT2D eigenvalue weighted by Crippen LogP contribution is -2.08. The van der Waals surface area contributed by atoms with Gasteiger partial charge in [-0.2, -0.15) is 4.80 Å². The number of aromatic nitrogens is 3. The molecule has 0 unspecified atom stereocenters. The van der Waals surface area contributed by atoms with E-state index in [1.807, 2.05) is 67.6 Å². The number of rotatable bonds is 6. The van der Waals surface area contributed by atoms with Crippen LogP contribution in [0, 0.1) is 6.92 Å². The van der Waals surface area contributed by atoms with E-state index < -0.39 is 0 Å². The first-order valence-corrected chi connectivity index (χ1v) is 9.71. The summed E-state index contributed by atoms with van der Waals surface area (Å²) in [7, 11) is 3.24. The van der Waals surface area contributed by atoms with Gasteiger partial charge in [0.1, 0.15) is 22.5 Å². The van der Waals surface area contributed by atoms with Crippen molar-refractivity contribution in [3.8, 4) is 17.2 Å². The Morgan fingerprint density at radius 3 is 2.10 bits per heavy atom. The van der Waals surface area contributed by atoms with Gasteiger partial charge in [-0.1, -0.05) is 12.1 Å². The first-order chi connectivity index (χ1) is 15.1. The number of hydrogen-bond donors (Lipinski definition) is 1. The fourth-order valence-electron chi connectivity index (χ4n) is 3.09. The average Bonchev–Trinajstić information content (AvgIpc) is 3.21. The topological polar surface area (TPSA) is 78.3 Å². The Hall–Kier alpha value is -4.13. The molecule has 7 nitrogen and oxygen atoms in total. The minimum Gasteiger partial charge on any atom is -0.497 e. The summed E-state index contributed by atoms with van der Waals surface area (Å²) in [6.07, 6.45) is 3.25. The maximum Gasteiger partial charge on any atom is 0.248 e. The van der Waals surface area contributed by atoms with E-state index in [0.29, 0.717) is 11.2 Å². The van der Waals surface area contributed by atoms with Crippen LogP contribution >= 0.6 is 0 Å². The molecule has 0 saturated heterocycles. The summed E-state index contributed by atoms with van der Waals surface area (Å²) in [6.45, 7) is 1.93. The lowest BCUT2D eigenvalue weighted by molar-refractivity contribution is -0.111. The first kappa shape index (κ1) is 20.2. The largest absolute Gasteiger partial charge is 0.497 e. The van der Waals surface area contributed by atoms with E-state index in [2.05, 4.69) is 15.5 Å². The molecule has 0 atom stereocenters. The number of nitrogens with one attached hydrogen (secondary N) is 1. The molecular weight excluding hydrogens is 392 g/mol. The molecule has 0 radical (unpaired) electrons. The molecule has 4 aromatic rings. The second kappa shape index (κ2) is 8.71. The Balaban J connectivity index is 1.52. The van der Waals surface area contributed by atoms with E-state index >= 15 is 0 Å². The molecule has 0 bridgehead atoms. The fourth-order valence-corrected chi connectivity index (χ4v) is 3.09.